The molecule has 32 heavy (non-hydrogen) atoms. The van der Waals surface area contributed by atoms with E-state index in [1.807, 2.05) is 64.9 Å². The average Bonchev–Trinajstić information content (AvgIpc) is 2.71. The van der Waals surface area contributed by atoms with Crippen LogP contribution in [0.15, 0.2) is 42.5 Å². The molecule has 0 saturated carbocycles. The van der Waals surface area contributed by atoms with Gasteiger partial charge in [0.05, 0.1) is 0 Å². The van der Waals surface area contributed by atoms with Gasteiger partial charge in [-0.15, -0.1) is 0 Å². The first kappa shape index (κ1) is 23.5. The molecule has 0 fully saturated rings. The second-order valence-electron chi connectivity index (χ2n) is 8.80. The predicted molar refractivity (Wildman–Crippen MR) is 128 cm³/mol. The maximum atomic E-state index is 10.7. The van der Waals surface area contributed by atoms with Gasteiger partial charge in [0, 0.05) is 12.5 Å². The van der Waals surface area contributed by atoms with Crippen LogP contribution in [-0.2, 0) is 0 Å². The van der Waals surface area contributed by atoms with Gasteiger partial charge in [-0.05, 0) is 105 Å². The summed E-state index contributed by atoms with van der Waals surface area (Å²) in [4.78, 5) is 2.02. The van der Waals surface area contributed by atoms with E-state index >= 15 is 0 Å². The number of benzene rings is 3. The minimum absolute atomic E-state index is 0.0903. The Morgan fingerprint density at radius 3 is 1.72 bits per heavy atom. The third-order valence-electron chi connectivity index (χ3n) is 5.90. The van der Waals surface area contributed by atoms with E-state index in [0.717, 1.165) is 45.5 Å². The predicted octanol–water partition coefficient (Wildman–Crippen LogP) is 5.16. The molecule has 0 heterocycles. The third-order valence-corrected chi connectivity index (χ3v) is 5.90. The molecule has 0 bridgehead atoms. The topological polar surface area (TPSA) is 73.2 Å². The van der Waals surface area contributed by atoms with Crippen LogP contribution in [0.5, 0.6) is 23.0 Å². The van der Waals surface area contributed by atoms with E-state index in [1.165, 1.54) is 0 Å². The zero-order valence-corrected chi connectivity index (χ0v) is 19.7. The standard InChI is InChI=1S/C27H33NO4/c1-16-13-23(29)18(3)11-21(16)27(22-12-19(4)24(30)14-17(22)2)20-7-8-26(25(31)15-20)32-10-9-28(5)6/h7-8,11-15,27,29-31H,9-10H2,1-6H3. The first-order valence-electron chi connectivity index (χ1n) is 10.8. The molecular weight excluding hydrogens is 402 g/mol. The van der Waals surface area contributed by atoms with Crippen molar-refractivity contribution in [1.29, 1.82) is 0 Å². The zero-order chi connectivity index (χ0) is 23.6. The molecule has 0 aliphatic heterocycles. The number of nitrogens with zero attached hydrogens (tertiary/aromatic N) is 1. The van der Waals surface area contributed by atoms with Gasteiger partial charge in [0.15, 0.2) is 11.5 Å². The third kappa shape index (κ3) is 5.00. The Morgan fingerprint density at radius 1 is 0.719 bits per heavy atom. The Morgan fingerprint density at radius 2 is 1.25 bits per heavy atom. The Hall–Kier alpha value is -3.18. The van der Waals surface area contributed by atoms with E-state index in [2.05, 4.69) is 0 Å². The summed E-state index contributed by atoms with van der Waals surface area (Å²) < 4.78 is 5.75. The van der Waals surface area contributed by atoms with Crippen LogP contribution in [0.2, 0.25) is 0 Å². The van der Waals surface area contributed by atoms with E-state index in [9.17, 15) is 15.3 Å². The minimum Gasteiger partial charge on any atom is -0.508 e. The highest BCUT2D eigenvalue weighted by molar-refractivity contribution is 5.56. The van der Waals surface area contributed by atoms with Gasteiger partial charge in [-0.2, -0.15) is 0 Å². The molecule has 5 nitrogen and oxygen atoms in total. The number of aromatic hydroxyl groups is 3. The van der Waals surface area contributed by atoms with Gasteiger partial charge in [0.25, 0.3) is 0 Å². The molecular formula is C27H33NO4. The van der Waals surface area contributed by atoms with Crippen molar-refractivity contribution in [2.75, 3.05) is 27.2 Å². The summed E-state index contributed by atoms with van der Waals surface area (Å²) in [5.74, 6) is 0.877. The highest BCUT2D eigenvalue weighted by atomic mass is 16.5. The first-order chi connectivity index (χ1) is 15.1. The number of ether oxygens (including phenoxy) is 1. The molecule has 3 N–H and O–H groups in total. The van der Waals surface area contributed by atoms with Gasteiger partial charge in [-0.3, -0.25) is 0 Å². The van der Waals surface area contributed by atoms with Gasteiger partial charge in [0.1, 0.15) is 18.1 Å². The van der Waals surface area contributed by atoms with Crippen molar-refractivity contribution in [3.8, 4) is 23.0 Å². The number of hydrogen-bond donors (Lipinski definition) is 3. The first-order valence-corrected chi connectivity index (χ1v) is 10.8. The lowest BCUT2D eigenvalue weighted by atomic mass is 9.80. The van der Waals surface area contributed by atoms with Crippen molar-refractivity contribution in [3.63, 3.8) is 0 Å². The maximum absolute atomic E-state index is 10.7. The number of rotatable bonds is 7. The summed E-state index contributed by atoms with van der Waals surface area (Å²) in [6.07, 6.45) is 0. The second-order valence-corrected chi connectivity index (χ2v) is 8.80. The Balaban J connectivity index is 2.13. The van der Waals surface area contributed by atoms with Crippen LogP contribution in [0.25, 0.3) is 0 Å². The van der Waals surface area contributed by atoms with Gasteiger partial charge >= 0.3 is 0 Å². The molecule has 0 saturated heterocycles. The summed E-state index contributed by atoms with van der Waals surface area (Å²) in [6.45, 7) is 8.94. The maximum Gasteiger partial charge on any atom is 0.160 e. The van der Waals surface area contributed by atoms with Crippen molar-refractivity contribution in [3.05, 3.63) is 81.4 Å². The Kier molecular flexibility index (Phi) is 6.99. The molecule has 170 valence electrons. The van der Waals surface area contributed by atoms with Crippen LogP contribution in [0.1, 0.15) is 44.9 Å². The monoisotopic (exact) mass is 435 g/mol. The van der Waals surface area contributed by atoms with E-state index in [1.54, 1.807) is 24.3 Å². The van der Waals surface area contributed by atoms with Gasteiger partial charge in [-0.1, -0.05) is 18.2 Å². The van der Waals surface area contributed by atoms with Crippen molar-refractivity contribution in [2.24, 2.45) is 0 Å². The Labute approximate surface area is 190 Å². The fourth-order valence-electron chi connectivity index (χ4n) is 3.97. The molecule has 0 atom stereocenters. The summed E-state index contributed by atoms with van der Waals surface area (Å²) in [6, 6.07) is 13.1. The molecule has 3 aromatic carbocycles. The molecule has 3 rings (SSSR count). The van der Waals surface area contributed by atoms with Crippen molar-refractivity contribution in [1.82, 2.24) is 4.90 Å². The van der Waals surface area contributed by atoms with Crippen LogP contribution in [-0.4, -0.2) is 47.5 Å². The lowest BCUT2D eigenvalue weighted by molar-refractivity contribution is 0.252. The highest BCUT2D eigenvalue weighted by Crippen LogP contribution is 2.41. The summed E-state index contributed by atoms with van der Waals surface area (Å²) >= 11 is 0. The largest absolute Gasteiger partial charge is 0.508 e. The van der Waals surface area contributed by atoms with Crippen LogP contribution in [0.3, 0.4) is 0 Å². The lowest BCUT2D eigenvalue weighted by Crippen LogP contribution is -2.19. The number of aryl methyl sites for hydroxylation is 4. The minimum atomic E-state index is -0.185. The molecule has 0 unspecified atom stereocenters. The normalized spacial score (nSPS) is 11.4. The Bertz CT molecular complexity index is 1060. The van der Waals surface area contributed by atoms with Gasteiger partial charge < -0.3 is 25.0 Å². The van der Waals surface area contributed by atoms with E-state index in [-0.39, 0.29) is 23.2 Å². The average molecular weight is 436 g/mol. The SMILES string of the molecule is Cc1cc(C(c2ccc(OCCN(C)C)c(O)c2)c2cc(C)c(O)cc2C)c(C)cc1O. The fraction of sp³-hybridized carbons (Fsp3) is 0.333. The molecule has 0 amide bonds. The highest BCUT2D eigenvalue weighted by Gasteiger charge is 2.23. The van der Waals surface area contributed by atoms with E-state index in [0.29, 0.717) is 12.4 Å². The quantitative estimate of drug-likeness (QED) is 0.447. The lowest BCUT2D eigenvalue weighted by Gasteiger charge is -2.25. The van der Waals surface area contributed by atoms with Gasteiger partial charge in [0.2, 0.25) is 0 Å². The van der Waals surface area contributed by atoms with Crippen LogP contribution >= 0.6 is 0 Å². The molecule has 3 aromatic rings. The van der Waals surface area contributed by atoms with Crippen LogP contribution in [0.4, 0.5) is 0 Å². The number of hydrogen-bond acceptors (Lipinski definition) is 5. The number of likely N-dealkylation sites (N-methyl/N-ethyl adjacent to an activating group) is 1. The number of phenolic OH excluding ortho intramolecular Hbond substituents is 3. The van der Waals surface area contributed by atoms with Gasteiger partial charge in [-0.25, -0.2) is 0 Å². The molecule has 0 aromatic heterocycles. The number of phenols is 3. The van der Waals surface area contributed by atoms with Crippen molar-refractivity contribution >= 4 is 0 Å². The second kappa shape index (κ2) is 9.53. The molecule has 0 spiro atoms. The van der Waals surface area contributed by atoms with Crippen LogP contribution < -0.4 is 4.74 Å². The molecule has 0 aliphatic carbocycles. The summed E-state index contributed by atoms with van der Waals surface area (Å²) in [5.41, 5.74) is 6.46. The summed E-state index contributed by atoms with van der Waals surface area (Å²) in [7, 11) is 3.95. The smallest absolute Gasteiger partial charge is 0.160 e. The molecule has 0 aliphatic rings. The zero-order valence-electron chi connectivity index (χ0n) is 19.7. The van der Waals surface area contributed by atoms with Crippen molar-refractivity contribution in [2.45, 2.75) is 33.6 Å². The fourth-order valence-corrected chi connectivity index (χ4v) is 3.97. The van der Waals surface area contributed by atoms with Crippen molar-refractivity contribution < 1.29 is 20.1 Å². The summed E-state index contributed by atoms with van der Waals surface area (Å²) in [5, 5.41) is 31.1. The van der Waals surface area contributed by atoms with Crippen LogP contribution in [0, 0.1) is 27.7 Å². The van der Waals surface area contributed by atoms with E-state index in [4.69, 9.17) is 4.74 Å². The van der Waals surface area contributed by atoms with E-state index < -0.39 is 0 Å². The molecule has 5 heteroatoms. The molecule has 0 radical (unpaired) electrons.